The molecule has 0 aliphatic rings. The van der Waals surface area contributed by atoms with Crippen molar-refractivity contribution in [3.63, 3.8) is 0 Å². The zero-order chi connectivity index (χ0) is 12.7. The Morgan fingerprint density at radius 1 is 1.24 bits per heavy atom. The van der Waals surface area contributed by atoms with E-state index in [0.717, 1.165) is 18.2 Å². The smallest absolute Gasteiger partial charge is 0.178 e. The van der Waals surface area contributed by atoms with Crippen molar-refractivity contribution in [3.05, 3.63) is 5.82 Å². The van der Waals surface area contributed by atoms with Gasteiger partial charge in [0.05, 0.1) is 0 Å². The number of aromatic nitrogens is 4. The number of rotatable bonds is 8. The van der Waals surface area contributed by atoms with Crippen LogP contribution in [-0.4, -0.2) is 27.2 Å². The minimum atomic E-state index is 0.239. The molecule has 1 heterocycles. The quantitative estimate of drug-likeness (QED) is 0.728. The molecule has 5 heteroatoms. The summed E-state index contributed by atoms with van der Waals surface area (Å²) in [6.45, 7) is 7.41. The van der Waals surface area contributed by atoms with Crippen LogP contribution in [0.1, 0.15) is 58.2 Å². The van der Waals surface area contributed by atoms with Gasteiger partial charge in [-0.05, 0) is 18.3 Å². The molecule has 0 bridgehead atoms. The normalized spacial score (nSPS) is 15.1. The molecule has 0 amide bonds. The highest BCUT2D eigenvalue weighted by atomic mass is 15.5. The highest BCUT2D eigenvalue weighted by Gasteiger charge is 2.17. The SMILES string of the molecule is CC(C)CCCC(C)CC(CN)c1nn[nH]n1. The molecule has 17 heavy (non-hydrogen) atoms. The summed E-state index contributed by atoms with van der Waals surface area (Å²) < 4.78 is 0. The average Bonchev–Trinajstić information content (AvgIpc) is 2.78. The number of nitrogens with zero attached hydrogens (tertiary/aromatic N) is 3. The van der Waals surface area contributed by atoms with Crippen LogP contribution in [0.3, 0.4) is 0 Å². The molecule has 0 radical (unpaired) electrons. The first-order valence-electron chi connectivity index (χ1n) is 6.56. The molecule has 2 unspecified atom stereocenters. The average molecular weight is 239 g/mol. The molecule has 0 fully saturated rings. The molecule has 3 N–H and O–H groups in total. The Morgan fingerprint density at radius 3 is 2.53 bits per heavy atom. The van der Waals surface area contributed by atoms with Crippen LogP contribution < -0.4 is 5.73 Å². The zero-order valence-electron chi connectivity index (χ0n) is 11.2. The summed E-state index contributed by atoms with van der Waals surface area (Å²) in [5.74, 6) is 2.46. The summed E-state index contributed by atoms with van der Waals surface area (Å²) in [7, 11) is 0. The van der Waals surface area contributed by atoms with Crippen LogP contribution >= 0.6 is 0 Å². The molecule has 1 aromatic heterocycles. The van der Waals surface area contributed by atoms with Gasteiger partial charge in [-0.25, -0.2) is 0 Å². The van der Waals surface area contributed by atoms with E-state index in [0.29, 0.717) is 12.5 Å². The van der Waals surface area contributed by atoms with Gasteiger partial charge in [-0.3, -0.25) is 0 Å². The van der Waals surface area contributed by atoms with Crippen LogP contribution in [-0.2, 0) is 0 Å². The highest BCUT2D eigenvalue weighted by Crippen LogP contribution is 2.23. The molecule has 0 aromatic carbocycles. The summed E-state index contributed by atoms with van der Waals surface area (Å²) in [6.07, 6.45) is 4.91. The van der Waals surface area contributed by atoms with Gasteiger partial charge in [0, 0.05) is 12.5 Å². The maximum Gasteiger partial charge on any atom is 0.178 e. The second-order valence-corrected chi connectivity index (χ2v) is 5.37. The monoisotopic (exact) mass is 239 g/mol. The maximum atomic E-state index is 5.77. The molecule has 0 saturated heterocycles. The van der Waals surface area contributed by atoms with E-state index in [4.69, 9.17) is 5.73 Å². The number of hydrogen-bond acceptors (Lipinski definition) is 4. The highest BCUT2D eigenvalue weighted by molar-refractivity contribution is 4.92. The fourth-order valence-corrected chi connectivity index (χ4v) is 2.13. The van der Waals surface area contributed by atoms with Crippen LogP contribution in [0.5, 0.6) is 0 Å². The van der Waals surface area contributed by atoms with Crippen LogP contribution in [0, 0.1) is 11.8 Å². The number of tetrazole rings is 1. The van der Waals surface area contributed by atoms with E-state index in [-0.39, 0.29) is 5.92 Å². The first kappa shape index (κ1) is 14.1. The molecule has 0 aliphatic heterocycles. The topological polar surface area (TPSA) is 80.5 Å². The summed E-state index contributed by atoms with van der Waals surface area (Å²) in [5.41, 5.74) is 5.77. The van der Waals surface area contributed by atoms with Crippen LogP contribution in [0.2, 0.25) is 0 Å². The summed E-state index contributed by atoms with van der Waals surface area (Å²) >= 11 is 0. The molecule has 98 valence electrons. The predicted octanol–water partition coefficient (Wildman–Crippen LogP) is 2.09. The number of nitrogens with one attached hydrogen (secondary N) is 1. The molecule has 5 nitrogen and oxygen atoms in total. The Hall–Kier alpha value is -0.970. The van der Waals surface area contributed by atoms with Gasteiger partial charge < -0.3 is 5.73 Å². The van der Waals surface area contributed by atoms with E-state index in [1.165, 1.54) is 19.3 Å². The van der Waals surface area contributed by atoms with Gasteiger partial charge in [0.2, 0.25) is 0 Å². The van der Waals surface area contributed by atoms with Crippen molar-refractivity contribution in [3.8, 4) is 0 Å². The fourth-order valence-electron chi connectivity index (χ4n) is 2.13. The Labute approximate surface area is 104 Å². The van der Waals surface area contributed by atoms with E-state index in [2.05, 4.69) is 41.4 Å². The van der Waals surface area contributed by atoms with Gasteiger partial charge >= 0.3 is 0 Å². The third-order valence-corrected chi connectivity index (χ3v) is 3.18. The van der Waals surface area contributed by atoms with E-state index < -0.39 is 0 Å². The second-order valence-electron chi connectivity index (χ2n) is 5.37. The predicted molar refractivity (Wildman–Crippen MR) is 68.4 cm³/mol. The number of aromatic amines is 1. The molecule has 0 spiro atoms. The minimum absolute atomic E-state index is 0.239. The van der Waals surface area contributed by atoms with Crippen LogP contribution in [0.25, 0.3) is 0 Å². The van der Waals surface area contributed by atoms with Crippen molar-refractivity contribution in [2.75, 3.05) is 6.54 Å². The Bertz CT molecular complexity index is 283. The van der Waals surface area contributed by atoms with Crippen molar-refractivity contribution >= 4 is 0 Å². The Kier molecular flexibility index (Phi) is 6.11. The third-order valence-electron chi connectivity index (χ3n) is 3.18. The van der Waals surface area contributed by atoms with Crippen molar-refractivity contribution < 1.29 is 0 Å². The number of nitrogens with two attached hydrogens (primary N) is 1. The second kappa shape index (κ2) is 7.37. The molecule has 1 rings (SSSR count). The Balaban J connectivity index is 2.30. The van der Waals surface area contributed by atoms with Crippen molar-refractivity contribution in [1.29, 1.82) is 0 Å². The molecular weight excluding hydrogens is 214 g/mol. The lowest BCUT2D eigenvalue weighted by Crippen LogP contribution is -2.17. The van der Waals surface area contributed by atoms with Gasteiger partial charge in [-0.15, -0.1) is 10.2 Å². The fraction of sp³-hybridized carbons (Fsp3) is 0.917. The van der Waals surface area contributed by atoms with Gasteiger partial charge in [0.15, 0.2) is 5.82 Å². The van der Waals surface area contributed by atoms with Crippen molar-refractivity contribution in [2.24, 2.45) is 17.6 Å². The molecule has 0 aliphatic carbocycles. The lowest BCUT2D eigenvalue weighted by atomic mass is 9.90. The lowest BCUT2D eigenvalue weighted by Gasteiger charge is -2.17. The first-order valence-corrected chi connectivity index (χ1v) is 6.56. The van der Waals surface area contributed by atoms with Crippen LogP contribution in [0.4, 0.5) is 0 Å². The van der Waals surface area contributed by atoms with E-state index >= 15 is 0 Å². The number of H-pyrrole nitrogens is 1. The van der Waals surface area contributed by atoms with Gasteiger partial charge in [-0.2, -0.15) is 5.21 Å². The molecule has 0 saturated carbocycles. The molecular formula is C12H25N5. The Morgan fingerprint density at radius 2 is 2.00 bits per heavy atom. The first-order chi connectivity index (χ1) is 8.13. The summed E-state index contributed by atoms with van der Waals surface area (Å²) in [5, 5.41) is 14.1. The molecule has 2 atom stereocenters. The van der Waals surface area contributed by atoms with Gasteiger partial charge in [0.1, 0.15) is 0 Å². The summed E-state index contributed by atoms with van der Waals surface area (Å²) in [6, 6.07) is 0. The standard InChI is InChI=1S/C12H25N5/c1-9(2)5-4-6-10(3)7-11(8-13)12-14-16-17-15-12/h9-11H,4-8,13H2,1-3H3,(H,14,15,16,17). The maximum absolute atomic E-state index is 5.77. The third kappa shape index (κ3) is 5.26. The van der Waals surface area contributed by atoms with E-state index in [9.17, 15) is 0 Å². The largest absolute Gasteiger partial charge is 0.330 e. The van der Waals surface area contributed by atoms with Gasteiger partial charge in [-0.1, -0.05) is 45.2 Å². The van der Waals surface area contributed by atoms with Crippen molar-refractivity contribution in [1.82, 2.24) is 20.6 Å². The lowest BCUT2D eigenvalue weighted by molar-refractivity contribution is 0.401. The minimum Gasteiger partial charge on any atom is -0.330 e. The van der Waals surface area contributed by atoms with Gasteiger partial charge in [0.25, 0.3) is 0 Å². The summed E-state index contributed by atoms with van der Waals surface area (Å²) in [4.78, 5) is 0. The molecule has 1 aromatic rings. The number of hydrogen-bond donors (Lipinski definition) is 2. The van der Waals surface area contributed by atoms with Crippen molar-refractivity contribution in [2.45, 2.75) is 52.4 Å². The van der Waals surface area contributed by atoms with E-state index in [1.807, 2.05) is 0 Å². The van der Waals surface area contributed by atoms with E-state index in [1.54, 1.807) is 0 Å². The zero-order valence-corrected chi connectivity index (χ0v) is 11.2. The van der Waals surface area contributed by atoms with Crippen LogP contribution in [0.15, 0.2) is 0 Å².